The number of aromatic nitrogens is 2. The Morgan fingerprint density at radius 2 is 2.03 bits per heavy atom. The van der Waals surface area contributed by atoms with Gasteiger partial charge in [-0.1, -0.05) is 11.8 Å². The van der Waals surface area contributed by atoms with Gasteiger partial charge in [0.05, 0.1) is 26.0 Å². The van der Waals surface area contributed by atoms with Crippen LogP contribution in [-0.4, -0.2) is 72.5 Å². The van der Waals surface area contributed by atoms with Crippen LogP contribution in [0.3, 0.4) is 0 Å². The highest BCUT2D eigenvalue weighted by Gasteiger charge is 2.26. The molecule has 0 spiro atoms. The molecule has 0 bridgehead atoms. The first-order chi connectivity index (χ1) is 16.2. The van der Waals surface area contributed by atoms with Crippen molar-refractivity contribution >= 4 is 29.5 Å². The maximum atomic E-state index is 12.1. The second-order valence-electron chi connectivity index (χ2n) is 8.41. The van der Waals surface area contributed by atoms with Crippen molar-refractivity contribution < 1.29 is 28.6 Å². The monoisotopic (exact) mass is 471 g/mol. The summed E-state index contributed by atoms with van der Waals surface area (Å²) in [6.07, 6.45) is 3.15. The van der Waals surface area contributed by atoms with Crippen LogP contribution in [0.4, 0.5) is 15.4 Å². The molecule has 0 radical (unpaired) electrons. The van der Waals surface area contributed by atoms with E-state index in [0.717, 1.165) is 5.56 Å². The minimum absolute atomic E-state index is 0.242. The first-order valence-electron chi connectivity index (χ1n) is 10.9. The number of alkyl carbamates (subject to hydrolysis) is 1. The van der Waals surface area contributed by atoms with Gasteiger partial charge in [0, 0.05) is 31.3 Å². The summed E-state index contributed by atoms with van der Waals surface area (Å²) in [7, 11) is 0. The van der Waals surface area contributed by atoms with Gasteiger partial charge < -0.3 is 19.5 Å². The number of ether oxygens (including phenoxy) is 3. The summed E-state index contributed by atoms with van der Waals surface area (Å²) >= 11 is 0. The molecule has 2 N–H and O–H groups in total. The molecule has 11 nitrogen and oxygen atoms in total. The Morgan fingerprint density at radius 3 is 2.79 bits per heavy atom. The molecule has 11 heteroatoms. The van der Waals surface area contributed by atoms with Gasteiger partial charge in [0.25, 0.3) is 0 Å². The Balaban J connectivity index is 1.36. The molecule has 182 valence electrons. The number of pyridine rings is 1. The number of imidazole rings is 1. The number of urea groups is 1. The molecular weight excluding hydrogens is 442 g/mol. The van der Waals surface area contributed by atoms with Crippen LogP contribution >= 0.6 is 0 Å². The third kappa shape index (κ3) is 7.47. The average Bonchev–Trinajstić information content (AvgIpc) is 3.17. The van der Waals surface area contributed by atoms with Gasteiger partial charge in [0.2, 0.25) is 5.91 Å². The lowest BCUT2D eigenvalue weighted by atomic mass is 10.2. The summed E-state index contributed by atoms with van der Waals surface area (Å²) in [6.45, 7) is 7.43. The van der Waals surface area contributed by atoms with Crippen LogP contribution in [0.25, 0.3) is 5.65 Å². The van der Waals surface area contributed by atoms with Crippen LogP contribution in [0.15, 0.2) is 24.5 Å². The molecule has 1 saturated heterocycles. The number of hydrogen-bond donors (Lipinski definition) is 2. The van der Waals surface area contributed by atoms with E-state index in [0.29, 0.717) is 44.4 Å². The van der Waals surface area contributed by atoms with Gasteiger partial charge in [-0.3, -0.25) is 19.4 Å². The van der Waals surface area contributed by atoms with Crippen molar-refractivity contribution in [2.45, 2.75) is 32.8 Å². The lowest BCUT2D eigenvalue weighted by molar-refractivity contribution is -0.120. The van der Waals surface area contributed by atoms with Crippen LogP contribution in [0, 0.1) is 11.8 Å². The molecule has 0 atom stereocenters. The van der Waals surface area contributed by atoms with E-state index in [1.807, 2.05) is 12.1 Å². The average molecular weight is 472 g/mol. The van der Waals surface area contributed by atoms with E-state index in [1.165, 1.54) is 4.90 Å². The molecule has 1 aliphatic heterocycles. The number of anilines is 1. The number of hydrogen-bond acceptors (Lipinski definition) is 7. The fraction of sp³-hybridized carbons (Fsp3) is 0.478. The summed E-state index contributed by atoms with van der Waals surface area (Å²) in [5.74, 6) is 6.26. The van der Waals surface area contributed by atoms with E-state index >= 15 is 0 Å². The molecular formula is C23H29N5O6. The zero-order valence-electron chi connectivity index (χ0n) is 19.6. The molecule has 0 aromatic carbocycles. The fourth-order valence-electron chi connectivity index (χ4n) is 3.05. The van der Waals surface area contributed by atoms with E-state index in [1.54, 1.807) is 37.6 Å². The highest BCUT2D eigenvalue weighted by Crippen LogP contribution is 2.19. The maximum absolute atomic E-state index is 12.1. The van der Waals surface area contributed by atoms with Gasteiger partial charge >= 0.3 is 12.1 Å². The topological polar surface area (TPSA) is 123 Å². The highest BCUT2D eigenvalue weighted by molar-refractivity contribution is 6.05. The van der Waals surface area contributed by atoms with Crippen LogP contribution < -0.4 is 15.5 Å². The number of nitrogens with one attached hydrogen (secondary N) is 2. The largest absolute Gasteiger partial charge is 0.444 e. The number of rotatable bonds is 8. The molecule has 3 heterocycles. The van der Waals surface area contributed by atoms with Crippen molar-refractivity contribution in [1.29, 1.82) is 0 Å². The zero-order valence-corrected chi connectivity index (χ0v) is 19.6. The minimum atomic E-state index is -0.527. The number of fused-ring (bicyclic) bond motifs is 1. The van der Waals surface area contributed by atoms with Gasteiger partial charge in [-0.25, -0.2) is 14.6 Å². The standard InChI is InChI=1S/C23H29N5O6/c1-23(2,3)34-22(31)24-8-12-33-14-13-32-11-4-5-17-6-9-27-18(15-17)25-16-20(27)28-10-7-19(29)26-21(28)30/h6,9,15-16H,7-8,10-14H2,1-3H3,(H,24,31)(H,26,29,30). The van der Waals surface area contributed by atoms with Crippen molar-refractivity contribution in [3.8, 4) is 11.8 Å². The zero-order chi connectivity index (χ0) is 24.6. The summed E-state index contributed by atoms with van der Waals surface area (Å²) in [5.41, 5.74) is 0.873. The SMILES string of the molecule is CC(C)(C)OC(=O)NCCOCCOCC#Cc1ccn2c(N3CCC(=O)NC3=O)cnc2c1. The third-order valence-corrected chi connectivity index (χ3v) is 4.52. The Kier molecular flexibility index (Phi) is 8.45. The van der Waals surface area contributed by atoms with E-state index in [9.17, 15) is 14.4 Å². The predicted octanol–water partition coefficient (Wildman–Crippen LogP) is 1.69. The number of imide groups is 1. The molecule has 4 amide bonds. The smallest absolute Gasteiger partial charge is 0.407 e. The lowest BCUT2D eigenvalue weighted by Crippen LogP contribution is -2.50. The molecule has 3 rings (SSSR count). The van der Waals surface area contributed by atoms with Crippen molar-refractivity contribution in [3.63, 3.8) is 0 Å². The van der Waals surface area contributed by atoms with E-state index in [-0.39, 0.29) is 18.9 Å². The molecule has 0 saturated carbocycles. The van der Waals surface area contributed by atoms with E-state index < -0.39 is 17.7 Å². The third-order valence-electron chi connectivity index (χ3n) is 4.52. The fourth-order valence-corrected chi connectivity index (χ4v) is 3.05. The van der Waals surface area contributed by atoms with Gasteiger partial charge in [0.1, 0.15) is 23.7 Å². The maximum Gasteiger partial charge on any atom is 0.407 e. The number of nitrogens with zero attached hydrogens (tertiary/aromatic N) is 3. The van der Waals surface area contributed by atoms with Gasteiger partial charge in [-0.05, 0) is 32.9 Å². The number of amides is 4. The minimum Gasteiger partial charge on any atom is -0.444 e. The molecule has 0 unspecified atom stereocenters. The second kappa shape index (κ2) is 11.5. The van der Waals surface area contributed by atoms with Crippen LogP contribution in [0.5, 0.6) is 0 Å². The second-order valence-corrected chi connectivity index (χ2v) is 8.41. The summed E-state index contributed by atoms with van der Waals surface area (Å²) < 4.78 is 17.7. The van der Waals surface area contributed by atoms with Crippen LogP contribution in [-0.2, 0) is 19.0 Å². The van der Waals surface area contributed by atoms with Crippen molar-refractivity contribution in [2.24, 2.45) is 0 Å². The Labute approximate surface area is 197 Å². The van der Waals surface area contributed by atoms with E-state index in [4.69, 9.17) is 14.2 Å². The van der Waals surface area contributed by atoms with Crippen LogP contribution in [0.2, 0.25) is 0 Å². The molecule has 34 heavy (non-hydrogen) atoms. The van der Waals surface area contributed by atoms with Gasteiger partial charge in [-0.15, -0.1) is 0 Å². The summed E-state index contributed by atoms with van der Waals surface area (Å²) in [5, 5.41) is 4.92. The molecule has 1 fully saturated rings. The van der Waals surface area contributed by atoms with Crippen LogP contribution in [0.1, 0.15) is 32.8 Å². The Morgan fingerprint density at radius 1 is 1.24 bits per heavy atom. The number of carbonyl (C=O) groups is 3. The molecule has 2 aromatic rings. The first kappa shape index (κ1) is 25.0. The number of carbonyl (C=O) groups excluding carboxylic acids is 3. The quantitative estimate of drug-likeness (QED) is 0.444. The summed E-state index contributed by atoms with van der Waals surface area (Å²) in [4.78, 5) is 40.7. The van der Waals surface area contributed by atoms with Crippen molar-refractivity contribution in [2.75, 3.05) is 44.4 Å². The summed E-state index contributed by atoms with van der Waals surface area (Å²) in [6, 6.07) is 3.17. The molecule has 1 aliphatic rings. The van der Waals surface area contributed by atoms with Gasteiger partial charge in [0.15, 0.2) is 0 Å². The first-order valence-corrected chi connectivity index (χ1v) is 10.9. The van der Waals surface area contributed by atoms with Crippen molar-refractivity contribution in [3.05, 3.63) is 30.1 Å². The highest BCUT2D eigenvalue weighted by atomic mass is 16.6. The normalized spacial score (nSPS) is 13.9. The lowest BCUT2D eigenvalue weighted by Gasteiger charge is -2.25. The Hall–Kier alpha value is -3.62. The van der Waals surface area contributed by atoms with Gasteiger partial charge in [-0.2, -0.15) is 0 Å². The molecule has 0 aliphatic carbocycles. The predicted molar refractivity (Wildman–Crippen MR) is 123 cm³/mol. The Bertz CT molecular complexity index is 1090. The van der Waals surface area contributed by atoms with Crippen molar-refractivity contribution in [1.82, 2.24) is 20.0 Å². The van der Waals surface area contributed by atoms with E-state index in [2.05, 4.69) is 27.5 Å². The molecule has 2 aromatic heterocycles.